The molecular weight excluding hydrogens is 298 g/mol. The summed E-state index contributed by atoms with van der Waals surface area (Å²) in [5.74, 6) is 0.923. The van der Waals surface area contributed by atoms with E-state index in [4.69, 9.17) is 0 Å². The number of rotatable bonds is 7. The van der Waals surface area contributed by atoms with Gasteiger partial charge < -0.3 is 10.6 Å². The fourth-order valence-electron chi connectivity index (χ4n) is 3.93. The number of hydrogen-bond acceptors (Lipinski definition) is 3. The summed E-state index contributed by atoms with van der Waals surface area (Å²) < 4.78 is 0. The fourth-order valence-corrected chi connectivity index (χ4v) is 3.93. The predicted octanol–water partition coefficient (Wildman–Crippen LogP) is 2.55. The highest BCUT2D eigenvalue weighted by atomic mass is 16.1. The van der Waals surface area contributed by atoms with Crippen molar-refractivity contribution in [2.24, 2.45) is 5.92 Å². The Morgan fingerprint density at radius 1 is 1.21 bits per heavy atom. The molecule has 132 valence electrons. The van der Waals surface area contributed by atoms with Crippen LogP contribution >= 0.6 is 0 Å². The van der Waals surface area contributed by atoms with Crippen LogP contribution in [0.1, 0.15) is 44.1 Å². The Hall–Kier alpha value is -1.39. The highest BCUT2D eigenvalue weighted by Gasteiger charge is 2.23. The molecular formula is C20H31N3O. The normalized spacial score (nSPS) is 24.8. The molecule has 4 nitrogen and oxygen atoms in total. The van der Waals surface area contributed by atoms with Gasteiger partial charge in [0.2, 0.25) is 5.91 Å². The number of nitrogens with zero attached hydrogens (tertiary/aromatic N) is 1. The number of carbonyl (C=O) groups excluding carboxylic acids is 1. The maximum Gasteiger partial charge on any atom is 0.220 e. The van der Waals surface area contributed by atoms with Crippen molar-refractivity contribution in [2.75, 3.05) is 26.2 Å². The summed E-state index contributed by atoms with van der Waals surface area (Å²) in [5.41, 5.74) is 1.37. The molecule has 0 radical (unpaired) electrons. The lowest BCUT2D eigenvalue weighted by Crippen LogP contribution is -2.46. The van der Waals surface area contributed by atoms with Crippen LogP contribution < -0.4 is 10.6 Å². The average Bonchev–Trinajstić information content (AvgIpc) is 3.14. The molecule has 0 aliphatic carbocycles. The standard InChI is InChI=1S/C20H31N3O/c24-20(10-9-17-11-12-21-14-17)22-15-19-8-4-5-13-23(19)16-18-6-2-1-3-7-18/h1-3,6-7,17,19,21H,4-5,8-16H2,(H,22,24). The Bertz CT molecular complexity index is 499. The molecule has 3 rings (SSSR count). The molecule has 1 amide bonds. The number of piperidine rings is 1. The van der Waals surface area contributed by atoms with Crippen molar-refractivity contribution in [1.82, 2.24) is 15.5 Å². The minimum Gasteiger partial charge on any atom is -0.355 e. The second-order valence-corrected chi connectivity index (χ2v) is 7.31. The molecule has 2 aliphatic rings. The van der Waals surface area contributed by atoms with Crippen LogP contribution in [0.25, 0.3) is 0 Å². The van der Waals surface area contributed by atoms with Crippen molar-refractivity contribution in [3.63, 3.8) is 0 Å². The molecule has 0 bridgehead atoms. The van der Waals surface area contributed by atoms with Crippen LogP contribution in [0, 0.1) is 5.92 Å². The van der Waals surface area contributed by atoms with Gasteiger partial charge in [0.25, 0.3) is 0 Å². The maximum atomic E-state index is 12.2. The maximum absolute atomic E-state index is 12.2. The summed E-state index contributed by atoms with van der Waals surface area (Å²) in [6.07, 6.45) is 6.67. The van der Waals surface area contributed by atoms with E-state index in [2.05, 4.69) is 45.9 Å². The monoisotopic (exact) mass is 329 g/mol. The quantitative estimate of drug-likeness (QED) is 0.808. The summed E-state index contributed by atoms with van der Waals surface area (Å²) in [6, 6.07) is 11.1. The van der Waals surface area contributed by atoms with Crippen molar-refractivity contribution < 1.29 is 4.79 Å². The molecule has 24 heavy (non-hydrogen) atoms. The minimum atomic E-state index is 0.229. The molecule has 2 atom stereocenters. The third-order valence-corrected chi connectivity index (χ3v) is 5.45. The lowest BCUT2D eigenvalue weighted by molar-refractivity contribution is -0.121. The van der Waals surface area contributed by atoms with E-state index in [-0.39, 0.29) is 5.91 Å². The molecule has 2 heterocycles. The number of likely N-dealkylation sites (tertiary alicyclic amines) is 1. The summed E-state index contributed by atoms with van der Waals surface area (Å²) in [7, 11) is 0. The van der Waals surface area contributed by atoms with Gasteiger partial charge in [0, 0.05) is 25.6 Å². The molecule has 2 unspecified atom stereocenters. The van der Waals surface area contributed by atoms with Crippen LogP contribution in [0.4, 0.5) is 0 Å². The van der Waals surface area contributed by atoms with E-state index in [1.54, 1.807) is 0 Å². The van der Waals surface area contributed by atoms with E-state index in [9.17, 15) is 4.79 Å². The number of amides is 1. The Morgan fingerprint density at radius 2 is 2.08 bits per heavy atom. The van der Waals surface area contributed by atoms with E-state index in [1.807, 2.05) is 0 Å². The van der Waals surface area contributed by atoms with Crippen LogP contribution in [0.15, 0.2) is 30.3 Å². The first-order valence-electron chi connectivity index (χ1n) is 9.56. The Morgan fingerprint density at radius 3 is 2.88 bits per heavy atom. The average molecular weight is 329 g/mol. The smallest absolute Gasteiger partial charge is 0.220 e. The molecule has 2 saturated heterocycles. The number of carbonyl (C=O) groups is 1. The largest absolute Gasteiger partial charge is 0.355 e. The van der Waals surface area contributed by atoms with E-state index < -0.39 is 0 Å². The van der Waals surface area contributed by atoms with Crippen LogP contribution in [-0.2, 0) is 11.3 Å². The SMILES string of the molecule is O=C(CCC1CCNC1)NCC1CCCCN1Cc1ccccc1. The molecule has 2 aliphatic heterocycles. The van der Waals surface area contributed by atoms with Gasteiger partial charge in [-0.25, -0.2) is 0 Å². The molecule has 2 fully saturated rings. The van der Waals surface area contributed by atoms with Gasteiger partial charge >= 0.3 is 0 Å². The third kappa shape index (κ3) is 5.32. The number of benzene rings is 1. The van der Waals surface area contributed by atoms with E-state index >= 15 is 0 Å². The van der Waals surface area contributed by atoms with E-state index in [0.717, 1.165) is 39.1 Å². The topological polar surface area (TPSA) is 44.4 Å². The van der Waals surface area contributed by atoms with Gasteiger partial charge in [-0.1, -0.05) is 36.8 Å². The third-order valence-electron chi connectivity index (χ3n) is 5.45. The lowest BCUT2D eigenvalue weighted by Gasteiger charge is -2.36. The van der Waals surface area contributed by atoms with Gasteiger partial charge in [0.05, 0.1) is 0 Å². The van der Waals surface area contributed by atoms with Crippen molar-refractivity contribution in [3.8, 4) is 0 Å². The zero-order valence-electron chi connectivity index (χ0n) is 14.7. The van der Waals surface area contributed by atoms with Gasteiger partial charge in [-0.05, 0) is 56.8 Å². The van der Waals surface area contributed by atoms with Crippen LogP contribution in [0.2, 0.25) is 0 Å². The molecule has 0 saturated carbocycles. The zero-order valence-corrected chi connectivity index (χ0v) is 14.7. The molecule has 0 aromatic heterocycles. The molecule has 2 N–H and O–H groups in total. The summed E-state index contributed by atoms with van der Waals surface area (Å²) in [6.45, 7) is 5.14. The first-order chi connectivity index (χ1) is 11.8. The van der Waals surface area contributed by atoms with Gasteiger partial charge in [0.15, 0.2) is 0 Å². The van der Waals surface area contributed by atoms with Crippen LogP contribution in [0.3, 0.4) is 0 Å². The first kappa shape index (κ1) is 17.4. The van der Waals surface area contributed by atoms with Gasteiger partial charge in [0.1, 0.15) is 0 Å². The second kappa shape index (κ2) is 9.19. The van der Waals surface area contributed by atoms with Gasteiger partial charge in [-0.2, -0.15) is 0 Å². The van der Waals surface area contributed by atoms with E-state index in [0.29, 0.717) is 18.4 Å². The first-order valence-corrected chi connectivity index (χ1v) is 9.56. The predicted molar refractivity (Wildman–Crippen MR) is 97.7 cm³/mol. The van der Waals surface area contributed by atoms with Crippen molar-refractivity contribution in [2.45, 2.75) is 51.1 Å². The molecule has 1 aromatic rings. The second-order valence-electron chi connectivity index (χ2n) is 7.31. The molecule has 0 spiro atoms. The van der Waals surface area contributed by atoms with Crippen molar-refractivity contribution >= 4 is 5.91 Å². The number of hydrogen-bond donors (Lipinski definition) is 2. The lowest BCUT2D eigenvalue weighted by atomic mass is 10.0. The van der Waals surface area contributed by atoms with Crippen LogP contribution in [-0.4, -0.2) is 43.0 Å². The fraction of sp³-hybridized carbons (Fsp3) is 0.650. The summed E-state index contributed by atoms with van der Waals surface area (Å²) in [5, 5.41) is 6.56. The molecule has 1 aromatic carbocycles. The summed E-state index contributed by atoms with van der Waals surface area (Å²) in [4.78, 5) is 14.7. The van der Waals surface area contributed by atoms with Gasteiger partial charge in [-0.15, -0.1) is 0 Å². The highest BCUT2D eigenvalue weighted by molar-refractivity contribution is 5.75. The van der Waals surface area contributed by atoms with Crippen LogP contribution in [0.5, 0.6) is 0 Å². The minimum absolute atomic E-state index is 0.229. The van der Waals surface area contributed by atoms with E-state index in [1.165, 1.54) is 31.2 Å². The number of nitrogens with one attached hydrogen (secondary N) is 2. The van der Waals surface area contributed by atoms with Crippen molar-refractivity contribution in [1.29, 1.82) is 0 Å². The Balaban J connectivity index is 1.42. The summed E-state index contributed by atoms with van der Waals surface area (Å²) >= 11 is 0. The van der Waals surface area contributed by atoms with Gasteiger partial charge in [-0.3, -0.25) is 9.69 Å². The highest BCUT2D eigenvalue weighted by Crippen LogP contribution is 2.19. The Kier molecular flexibility index (Phi) is 6.67. The molecule has 4 heteroatoms. The zero-order chi connectivity index (χ0) is 16.6. The Labute approximate surface area is 146 Å². The van der Waals surface area contributed by atoms with Crippen molar-refractivity contribution in [3.05, 3.63) is 35.9 Å².